The molecule has 0 radical (unpaired) electrons. The second kappa shape index (κ2) is 8.21. The average molecular weight is 395 g/mol. The number of amidine groups is 1. The molecule has 29 heavy (non-hydrogen) atoms. The first-order valence-corrected chi connectivity index (χ1v) is 9.91. The second-order valence-electron chi connectivity index (χ2n) is 7.65. The van der Waals surface area contributed by atoms with Gasteiger partial charge in [-0.15, -0.1) is 0 Å². The summed E-state index contributed by atoms with van der Waals surface area (Å²) >= 11 is 0. The van der Waals surface area contributed by atoms with Crippen molar-refractivity contribution in [2.24, 2.45) is 10.8 Å². The van der Waals surface area contributed by atoms with E-state index in [1.165, 1.54) is 12.1 Å². The molecule has 1 fully saturated rings. The SMILES string of the molecule is Cc1ccc(C2=CC(N(N)CC(C)c3ccc(F)cc3OC3CC3)=NCN2)cn1. The fourth-order valence-electron chi connectivity index (χ4n) is 3.29. The Morgan fingerprint density at radius 2 is 2.14 bits per heavy atom. The first-order valence-electron chi connectivity index (χ1n) is 9.91. The van der Waals surface area contributed by atoms with E-state index in [2.05, 4.69) is 22.2 Å². The lowest BCUT2D eigenvalue weighted by molar-refractivity contribution is 0.294. The third-order valence-electron chi connectivity index (χ3n) is 5.10. The van der Waals surface area contributed by atoms with Gasteiger partial charge in [-0.1, -0.05) is 13.0 Å². The maximum absolute atomic E-state index is 13.7. The first kappa shape index (κ1) is 19.4. The van der Waals surface area contributed by atoms with Gasteiger partial charge in [0.1, 0.15) is 24.1 Å². The molecule has 1 aromatic carbocycles. The zero-order valence-corrected chi connectivity index (χ0v) is 16.7. The molecular weight excluding hydrogens is 369 g/mol. The molecule has 0 bridgehead atoms. The Labute approximate surface area is 170 Å². The van der Waals surface area contributed by atoms with Crippen LogP contribution in [0.4, 0.5) is 4.39 Å². The van der Waals surface area contributed by atoms with Crippen LogP contribution in [0.2, 0.25) is 0 Å². The van der Waals surface area contributed by atoms with E-state index < -0.39 is 0 Å². The minimum absolute atomic E-state index is 0.0461. The Kier molecular flexibility index (Phi) is 5.49. The highest BCUT2D eigenvalue weighted by Gasteiger charge is 2.26. The van der Waals surface area contributed by atoms with E-state index in [1.54, 1.807) is 11.1 Å². The first-order chi connectivity index (χ1) is 14.0. The van der Waals surface area contributed by atoms with E-state index in [4.69, 9.17) is 10.6 Å². The summed E-state index contributed by atoms with van der Waals surface area (Å²) in [4.78, 5) is 8.83. The van der Waals surface area contributed by atoms with Crippen molar-refractivity contribution < 1.29 is 9.13 Å². The van der Waals surface area contributed by atoms with E-state index in [-0.39, 0.29) is 17.8 Å². The summed E-state index contributed by atoms with van der Waals surface area (Å²) in [6.45, 7) is 4.99. The van der Waals surface area contributed by atoms with Gasteiger partial charge in [0.25, 0.3) is 0 Å². The van der Waals surface area contributed by atoms with E-state index in [1.807, 2.05) is 31.3 Å². The molecule has 0 amide bonds. The predicted octanol–water partition coefficient (Wildman–Crippen LogP) is 3.35. The van der Waals surface area contributed by atoms with Crippen LogP contribution in [0.15, 0.2) is 47.6 Å². The Morgan fingerprint density at radius 1 is 1.31 bits per heavy atom. The number of aliphatic imine (C=N–C) groups is 1. The maximum atomic E-state index is 13.7. The number of nitrogens with two attached hydrogens (primary N) is 1. The number of hydrogen-bond acceptors (Lipinski definition) is 6. The van der Waals surface area contributed by atoms with Crippen LogP contribution in [-0.2, 0) is 0 Å². The van der Waals surface area contributed by atoms with Gasteiger partial charge in [-0.3, -0.25) is 9.99 Å². The number of pyridine rings is 1. The van der Waals surface area contributed by atoms with Gasteiger partial charge < -0.3 is 10.1 Å². The van der Waals surface area contributed by atoms with Gasteiger partial charge in [-0.2, -0.15) is 0 Å². The van der Waals surface area contributed by atoms with Crippen LogP contribution in [0, 0.1) is 12.7 Å². The molecule has 6 nitrogen and oxygen atoms in total. The number of rotatable bonds is 6. The standard InChI is InChI=1S/C22H26FN5O/c1-14(19-8-5-17(23)9-21(19)29-18-6-7-18)12-28(24)22-10-20(26-13-27-22)16-4-3-15(2)25-11-16/h3-5,8-11,14,18,26H,6-7,12-13,24H2,1-2H3. The number of ether oxygens (including phenoxy) is 1. The summed E-state index contributed by atoms with van der Waals surface area (Å²) in [5, 5.41) is 4.89. The van der Waals surface area contributed by atoms with Crippen molar-refractivity contribution in [1.29, 1.82) is 0 Å². The minimum atomic E-state index is -0.289. The third-order valence-corrected chi connectivity index (χ3v) is 5.10. The molecule has 1 saturated carbocycles. The Balaban J connectivity index is 1.48. The van der Waals surface area contributed by atoms with Crippen molar-refractivity contribution in [1.82, 2.24) is 15.3 Å². The lowest BCUT2D eigenvalue weighted by atomic mass is 9.99. The lowest BCUT2D eigenvalue weighted by Crippen LogP contribution is -2.41. The van der Waals surface area contributed by atoms with Gasteiger partial charge >= 0.3 is 0 Å². The molecule has 0 saturated heterocycles. The summed E-state index contributed by atoms with van der Waals surface area (Å²) in [6, 6.07) is 8.72. The van der Waals surface area contributed by atoms with Gasteiger partial charge in [0.2, 0.25) is 0 Å². The molecule has 1 unspecified atom stereocenters. The summed E-state index contributed by atoms with van der Waals surface area (Å²) in [7, 11) is 0. The molecule has 4 rings (SSSR count). The molecule has 152 valence electrons. The zero-order valence-electron chi connectivity index (χ0n) is 16.7. The van der Waals surface area contributed by atoms with Crippen LogP contribution >= 0.6 is 0 Å². The van der Waals surface area contributed by atoms with Crippen LogP contribution in [0.3, 0.4) is 0 Å². The smallest absolute Gasteiger partial charge is 0.141 e. The molecular formula is C22H26FN5O. The van der Waals surface area contributed by atoms with Crippen LogP contribution in [0.1, 0.15) is 42.5 Å². The maximum Gasteiger partial charge on any atom is 0.141 e. The van der Waals surface area contributed by atoms with Crippen molar-refractivity contribution >= 4 is 11.5 Å². The van der Waals surface area contributed by atoms with Crippen molar-refractivity contribution in [3.8, 4) is 5.75 Å². The molecule has 2 heterocycles. The highest BCUT2D eigenvalue weighted by atomic mass is 19.1. The summed E-state index contributed by atoms with van der Waals surface area (Å²) < 4.78 is 19.6. The average Bonchev–Trinajstić information content (AvgIpc) is 3.52. The highest BCUT2D eigenvalue weighted by Crippen LogP contribution is 2.33. The molecule has 0 spiro atoms. The lowest BCUT2D eigenvalue weighted by Gasteiger charge is -2.26. The van der Waals surface area contributed by atoms with Crippen molar-refractivity contribution in [2.75, 3.05) is 13.2 Å². The van der Waals surface area contributed by atoms with Gasteiger partial charge in [0, 0.05) is 47.8 Å². The molecule has 3 N–H and O–H groups in total. The topological polar surface area (TPSA) is 75.8 Å². The van der Waals surface area contributed by atoms with Gasteiger partial charge in [-0.05, 0) is 43.5 Å². The molecule has 2 aromatic rings. The molecule has 1 atom stereocenters. The monoisotopic (exact) mass is 395 g/mol. The highest BCUT2D eigenvalue weighted by molar-refractivity contribution is 5.99. The Bertz CT molecular complexity index is 937. The van der Waals surface area contributed by atoms with Crippen molar-refractivity contribution in [3.63, 3.8) is 0 Å². The van der Waals surface area contributed by atoms with E-state index in [0.717, 1.165) is 35.4 Å². The number of hydrazine groups is 1. The number of benzene rings is 1. The van der Waals surface area contributed by atoms with Crippen LogP contribution < -0.4 is 15.9 Å². The number of nitrogens with zero attached hydrogens (tertiary/aromatic N) is 3. The molecule has 1 aromatic heterocycles. The summed E-state index contributed by atoms with van der Waals surface area (Å²) in [5.74, 6) is 7.41. The largest absolute Gasteiger partial charge is 0.490 e. The van der Waals surface area contributed by atoms with Gasteiger partial charge in [0.05, 0.1) is 6.10 Å². The van der Waals surface area contributed by atoms with Crippen LogP contribution in [0.25, 0.3) is 5.70 Å². The molecule has 2 aliphatic rings. The Morgan fingerprint density at radius 3 is 2.86 bits per heavy atom. The minimum Gasteiger partial charge on any atom is -0.490 e. The van der Waals surface area contributed by atoms with Crippen molar-refractivity contribution in [2.45, 2.75) is 38.7 Å². The number of aromatic nitrogens is 1. The zero-order chi connectivity index (χ0) is 20.4. The van der Waals surface area contributed by atoms with Crippen LogP contribution in [0.5, 0.6) is 5.75 Å². The molecule has 1 aliphatic heterocycles. The second-order valence-corrected chi connectivity index (χ2v) is 7.65. The fourth-order valence-corrected chi connectivity index (χ4v) is 3.29. The van der Waals surface area contributed by atoms with E-state index in [0.29, 0.717) is 24.8 Å². The van der Waals surface area contributed by atoms with Gasteiger partial charge in [-0.25, -0.2) is 15.2 Å². The Hall–Kier alpha value is -2.93. The number of aryl methyl sites for hydroxylation is 1. The van der Waals surface area contributed by atoms with Gasteiger partial charge in [0.15, 0.2) is 0 Å². The summed E-state index contributed by atoms with van der Waals surface area (Å²) in [6.07, 6.45) is 6.02. The van der Waals surface area contributed by atoms with Crippen molar-refractivity contribution in [3.05, 3.63) is 65.2 Å². The quantitative estimate of drug-likeness (QED) is 0.580. The summed E-state index contributed by atoms with van der Waals surface area (Å²) in [5.41, 5.74) is 3.85. The fraction of sp³-hybridized carbons (Fsp3) is 0.364. The third kappa shape index (κ3) is 4.74. The molecule has 1 aliphatic carbocycles. The normalized spacial score (nSPS) is 17.1. The number of halogens is 1. The van der Waals surface area contributed by atoms with Crippen LogP contribution in [-0.4, -0.2) is 35.1 Å². The molecule has 7 heteroatoms. The predicted molar refractivity (Wildman–Crippen MR) is 112 cm³/mol. The number of hydrogen-bond donors (Lipinski definition) is 2. The van der Waals surface area contributed by atoms with E-state index in [9.17, 15) is 4.39 Å². The van der Waals surface area contributed by atoms with E-state index >= 15 is 0 Å². The number of nitrogens with one attached hydrogen (secondary N) is 1.